The van der Waals surface area contributed by atoms with Crippen LogP contribution in [0, 0.1) is 5.92 Å². The predicted octanol–water partition coefficient (Wildman–Crippen LogP) is 3.33. The first-order valence-electron chi connectivity index (χ1n) is 8.20. The molecular formula is C18H28N2O. The van der Waals surface area contributed by atoms with Crippen LogP contribution in [0.1, 0.15) is 50.2 Å². The second-order valence-corrected chi connectivity index (χ2v) is 6.28. The van der Waals surface area contributed by atoms with E-state index in [1.807, 2.05) is 0 Å². The Morgan fingerprint density at radius 2 is 2.00 bits per heavy atom. The second kappa shape index (κ2) is 8.18. The summed E-state index contributed by atoms with van der Waals surface area (Å²) in [6.07, 6.45) is 5.76. The highest BCUT2D eigenvalue weighted by Gasteiger charge is 2.18. The average molecular weight is 288 g/mol. The zero-order chi connectivity index (χ0) is 15.1. The van der Waals surface area contributed by atoms with Crippen molar-refractivity contribution in [3.8, 4) is 0 Å². The van der Waals surface area contributed by atoms with E-state index in [0.717, 1.165) is 13.1 Å². The molecule has 0 aliphatic heterocycles. The van der Waals surface area contributed by atoms with Gasteiger partial charge in [-0.25, -0.2) is 0 Å². The minimum atomic E-state index is 0.206. The standard InChI is InChI=1S/C18H28N2O/c1-3-20(2)14-17-10-6-9-16(11-17)13-19-18(21)12-15-7-4-5-8-15/h6,9-11,15H,3-5,7-8,12-14H2,1-2H3,(H,19,21). The summed E-state index contributed by atoms with van der Waals surface area (Å²) in [5.74, 6) is 0.826. The fourth-order valence-electron chi connectivity index (χ4n) is 3.01. The normalized spacial score (nSPS) is 15.6. The van der Waals surface area contributed by atoms with E-state index in [0.29, 0.717) is 18.9 Å². The molecule has 1 saturated carbocycles. The number of hydrogen-bond donors (Lipinski definition) is 1. The molecule has 1 aromatic carbocycles. The molecule has 0 saturated heterocycles. The van der Waals surface area contributed by atoms with Gasteiger partial charge in [0, 0.05) is 19.5 Å². The van der Waals surface area contributed by atoms with Crippen LogP contribution in [0.5, 0.6) is 0 Å². The summed E-state index contributed by atoms with van der Waals surface area (Å²) in [4.78, 5) is 14.2. The van der Waals surface area contributed by atoms with Crippen LogP contribution in [0.2, 0.25) is 0 Å². The summed E-state index contributed by atoms with van der Waals surface area (Å²) in [5.41, 5.74) is 2.50. The summed E-state index contributed by atoms with van der Waals surface area (Å²) in [6.45, 7) is 4.81. The van der Waals surface area contributed by atoms with Gasteiger partial charge in [-0.15, -0.1) is 0 Å². The topological polar surface area (TPSA) is 32.3 Å². The zero-order valence-corrected chi connectivity index (χ0v) is 13.4. The van der Waals surface area contributed by atoms with Crippen molar-refractivity contribution in [3.05, 3.63) is 35.4 Å². The summed E-state index contributed by atoms with van der Waals surface area (Å²) in [7, 11) is 2.12. The number of nitrogens with zero attached hydrogens (tertiary/aromatic N) is 1. The zero-order valence-electron chi connectivity index (χ0n) is 13.4. The van der Waals surface area contributed by atoms with E-state index in [4.69, 9.17) is 0 Å². The molecule has 1 aliphatic rings. The monoisotopic (exact) mass is 288 g/mol. The van der Waals surface area contributed by atoms with Crippen molar-refractivity contribution in [2.45, 2.75) is 52.1 Å². The van der Waals surface area contributed by atoms with Crippen molar-refractivity contribution in [1.82, 2.24) is 10.2 Å². The summed E-state index contributed by atoms with van der Waals surface area (Å²) >= 11 is 0. The summed E-state index contributed by atoms with van der Waals surface area (Å²) in [5, 5.41) is 3.07. The molecule has 1 aliphatic carbocycles. The Kier molecular flexibility index (Phi) is 6.24. The Morgan fingerprint density at radius 1 is 1.29 bits per heavy atom. The smallest absolute Gasteiger partial charge is 0.220 e. The number of carbonyl (C=O) groups excluding carboxylic acids is 1. The highest BCUT2D eigenvalue weighted by Crippen LogP contribution is 2.27. The molecule has 3 nitrogen and oxygen atoms in total. The molecule has 0 spiro atoms. The lowest BCUT2D eigenvalue weighted by atomic mass is 10.0. The Balaban J connectivity index is 1.79. The number of benzene rings is 1. The van der Waals surface area contributed by atoms with Gasteiger partial charge >= 0.3 is 0 Å². The Hall–Kier alpha value is -1.35. The maximum atomic E-state index is 12.0. The van der Waals surface area contributed by atoms with E-state index in [1.165, 1.54) is 36.8 Å². The SMILES string of the molecule is CCN(C)Cc1cccc(CNC(=O)CC2CCCC2)c1. The van der Waals surface area contributed by atoms with Gasteiger partial charge in [0.05, 0.1) is 0 Å². The number of nitrogens with one attached hydrogen (secondary N) is 1. The van der Waals surface area contributed by atoms with Gasteiger partial charge < -0.3 is 10.2 Å². The fraction of sp³-hybridized carbons (Fsp3) is 0.611. The highest BCUT2D eigenvalue weighted by molar-refractivity contribution is 5.76. The molecule has 1 aromatic rings. The van der Waals surface area contributed by atoms with Crippen molar-refractivity contribution >= 4 is 5.91 Å². The van der Waals surface area contributed by atoms with E-state index in [2.05, 4.69) is 48.5 Å². The van der Waals surface area contributed by atoms with Gasteiger partial charge in [0.1, 0.15) is 0 Å². The fourth-order valence-corrected chi connectivity index (χ4v) is 3.01. The van der Waals surface area contributed by atoms with Crippen molar-refractivity contribution in [2.75, 3.05) is 13.6 Å². The quantitative estimate of drug-likeness (QED) is 0.834. The first-order valence-corrected chi connectivity index (χ1v) is 8.20. The van der Waals surface area contributed by atoms with Gasteiger partial charge in [-0.2, -0.15) is 0 Å². The lowest BCUT2D eigenvalue weighted by Crippen LogP contribution is -2.24. The van der Waals surface area contributed by atoms with Gasteiger partial charge in [0.15, 0.2) is 0 Å². The molecule has 21 heavy (non-hydrogen) atoms. The van der Waals surface area contributed by atoms with Crippen LogP contribution >= 0.6 is 0 Å². The molecule has 0 heterocycles. The first-order chi connectivity index (χ1) is 10.2. The third-order valence-electron chi connectivity index (χ3n) is 4.42. The molecule has 116 valence electrons. The van der Waals surface area contributed by atoms with E-state index in [1.54, 1.807) is 0 Å². The maximum absolute atomic E-state index is 12.0. The Morgan fingerprint density at radius 3 is 2.71 bits per heavy atom. The number of rotatable bonds is 7. The minimum Gasteiger partial charge on any atom is -0.352 e. The summed E-state index contributed by atoms with van der Waals surface area (Å²) < 4.78 is 0. The lowest BCUT2D eigenvalue weighted by Gasteiger charge is -2.15. The van der Waals surface area contributed by atoms with Crippen LogP contribution in [-0.4, -0.2) is 24.4 Å². The van der Waals surface area contributed by atoms with Crippen LogP contribution in [-0.2, 0) is 17.9 Å². The molecule has 1 N–H and O–H groups in total. The van der Waals surface area contributed by atoms with Gasteiger partial charge in [0.2, 0.25) is 5.91 Å². The van der Waals surface area contributed by atoms with Crippen molar-refractivity contribution in [3.63, 3.8) is 0 Å². The maximum Gasteiger partial charge on any atom is 0.220 e. The second-order valence-electron chi connectivity index (χ2n) is 6.28. The molecule has 0 atom stereocenters. The van der Waals surface area contributed by atoms with Crippen molar-refractivity contribution in [1.29, 1.82) is 0 Å². The van der Waals surface area contributed by atoms with E-state index < -0.39 is 0 Å². The minimum absolute atomic E-state index is 0.206. The van der Waals surface area contributed by atoms with E-state index in [9.17, 15) is 4.79 Å². The Labute approximate surface area is 128 Å². The molecule has 0 radical (unpaired) electrons. The molecular weight excluding hydrogens is 260 g/mol. The van der Waals surface area contributed by atoms with Crippen LogP contribution in [0.3, 0.4) is 0 Å². The molecule has 0 bridgehead atoms. The van der Waals surface area contributed by atoms with Crippen LogP contribution < -0.4 is 5.32 Å². The van der Waals surface area contributed by atoms with Crippen molar-refractivity contribution in [2.24, 2.45) is 5.92 Å². The van der Waals surface area contributed by atoms with Gasteiger partial charge in [-0.3, -0.25) is 4.79 Å². The highest BCUT2D eigenvalue weighted by atomic mass is 16.1. The van der Waals surface area contributed by atoms with E-state index in [-0.39, 0.29) is 5.91 Å². The molecule has 3 heteroatoms. The third-order valence-corrected chi connectivity index (χ3v) is 4.42. The summed E-state index contributed by atoms with van der Waals surface area (Å²) in [6, 6.07) is 8.51. The van der Waals surface area contributed by atoms with Crippen LogP contribution in [0.4, 0.5) is 0 Å². The number of amides is 1. The molecule has 0 unspecified atom stereocenters. The largest absolute Gasteiger partial charge is 0.352 e. The van der Waals surface area contributed by atoms with Crippen molar-refractivity contribution < 1.29 is 4.79 Å². The first kappa shape index (κ1) is 16.0. The van der Waals surface area contributed by atoms with Crippen LogP contribution in [0.25, 0.3) is 0 Å². The third kappa shape index (κ3) is 5.50. The van der Waals surface area contributed by atoms with Gasteiger partial charge in [-0.1, -0.05) is 44.0 Å². The molecule has 1 amide bonds. The lowest BCUT2D eigenvalue weighted by molar-refractivity contribution is -0.122. The predicted molar refractivity (Wildman–Crippen MR) is 86.9 cm³/mol. The van der Waals surface area contributed by atoms with Gasteiger partial charge in [0.25, 0.3) is 0 Å². The Bertz CT molecular complexity index is 452. The number of hydrogen-bond acceptors (Lipinski definition) is 2. The van der Waals surface area contributed by atoms with Crippen LogP contribution in [0.15, 0.2) is 24.3 Å². The van der Waals surface area contributed by atoms with E-state index >= 15 is 0 Å². The molecule has 0 aromatic heterocycles. The molecule has 1 fully saturated rings. The van der Waals surface area contributed by atoms with Gasteiger partial charge in [-0.05, 0) is 43.5 Å². The average Bonchev–Trinajstić information content (AvgIpc) is 2.98. The molecule has 2 rings (SSSR count). The number of carbonyl (C=O) groups is 1.